The van der Waals surface area contributed by atoms with E-state index in [1.165, 1.54) is 55.6 Å². The van der Waals surface area contributed by atoms with Gasteiger partial charge in [-0.15, -0.1) is 0 Å². The van der Waals surface area contributed by atoms with Crippen LogP contribution in [0.4, 0.5) is 9.52 Å². The fraction of sp³-hybridized carbons (Fsp3) is 0.562. The van der Waals surface area contributed by atoms with E-state index < -0.39 is 10.0 Å². The molecule has 1 aromatic heterocycles. The summed E-state index contributed by atoms with van der Waals surface area (Å²) >= 11 is 1.29. The number of aromatic nitrogens is 1. The third-order valence-electron chi connectivity index (χ3n) is 4.06. The molecule has 2 aromatic rings. The maximum Gasteiger partial charge on any atom is 0.211 e. The van der Waals surface area contributed by atoms with Crippen LogP contribution in [0, 0.1) is 11.7 Å². The number of hydrogen-bond acceptors (Lipinski definition) is 5. The molecule has 1 fully saturated rings. The summed E-state index contributed by atoms with van der Waals surface area (Å²) < 4.78 is 38.3. The first-order valence-corrected chi connectivity index (χ1v) is 10.7. The third kappa shape index (κ3) is 5.99. The van der Waals surface area contributed by atoms with Gasteiger partial charge in [0.2, 0.25) is 10.0 Å². The zero-order valence-electron chi connectivity index (χ0n) is 13.8. The van der Waals surface area contributed by atoms with Crippen LogP contribution in [0.25, 0.3) is 10.2 Å². The molecule has 0 atom stereocenters. The van der Waals surface area contributed by atoms with Crippen molar-refractivity contribution in [3.05, 3.63) is 24.0 Å². The van der Waals surface area contributed by atoms with Crippen molar-refractivity contribution in [1.29, 1.82) is 0 Å². The fourth-order valence-corrected chi connectivity index (χ4v) is 4.11. The first-order chi connectivity index (χ1) is 11.4. The number of nitrogens with one attached hydrogen (secondary N) is 1. The van der Waals surface area contributed by atoms with Crippen LogP contribution in [-0.2, 0) is 10.0 Å². The highest BCUT2D eigenvalue weighted by molar-refractivity contribution is 7.89. The largest absolute Gasteiger partial charge is 0.375 e. The molecule has 0 aliphatic heterocycles. The number of nitrogen functional groups attached to an aromatic ring is 1. The number of halogens is 1. The molecule has 5 nitrogen and oxygen atoms in total. The van der Waals surface area contributed by atoms with E-state index in [0.29, 0.717) is 17.6 Å². The lowest BCUT2D eigenvalue weighted by molar-refractivity contribution is 0.357. The van der Waals surface area contributed by atoms with Gasteiger partial charge >= 0.3 is 0 Å². The van der Waals surface area contributed by atoms with Gasteiger partial charge in [-0.25, -0.2) is 22.5 Å². The van der Waals surface area contributed by atoms with E-state index in [4.69, 9.17) is 5.73 Å². The van der Waals surface area contributed by atoms with Gasteiger partial charge in [0.1, 0.15) is 5.82 Å². The Labute approximate surface area is 146 Å². The van der Waals surface area contributed by atoms with Crippen molar-refractivity contribution >= 4 is 36.7 Å². The monoisotopic (exact) mass is 373 g/mol. The Morgan fingerprint density at radius 3 is 2.71 bits per heavy atom. The van der Waals surface area contributed by atoms with Crippen molar-refractivity contribution in [2.45, 2.75) is 39.0 Å². The molecule has 8 heteroatoms. The smallest absolute Gasteiger partial charge is 0.211 e. The molecule has 1 aromatic carbocycles. The number of benzene rings is 1. The quantitative estimate of drug-likeness (QED) is 0.859. The highest BCUT2D eigenvalue weighted by atomic mass is 32.2. The molecule has 0 bridgehead atoms. The minimum absolute atomic E-state index is 0.194. The predicted octanol–water partition coefficient (Wildman–Crippen LogP) is 3.52. The summed E-state index contributed by atoms with van der Waals surface area (Å²) in [5.74, 6) is 0.524. The van der Waals surface area contributed by atoms with Gasteiger partial charge in [-0.2, -0.15) is 0 Å². The van der Waals surface area contributed by atoms with E-state index in [1.54, 1.807) is 13.0 Å². The minimum Gasteiger partial charge on any atom is -0.375 e. The summed E-state index contributed by atoms with van der Waals surface area (Å²) in [5, 5.41) is 0.477. The molecule has 0 spiro atoms. The number of fused-ring (bicyclic) bond motifs is 1. The lowest BCUT2D eigenvalue weighted by Gasteiger charge is -2.21. The molecule has 0 amide bonds. The van der Waals surface area contributed by atoms with Crippen LogP contribution in [0.5, 0.6) is 0 Å². The molecule has 0 unspecified atom stereocenters. The van der Waals surface area contributed by atoms with Gasteiger partial charge < -0.3 is 5.73 Å². The van der Waals surface area contributed by atoms with Crippen LogP contribution in [-0.4, -0.2) is 25.7 Å². The Balaban J connectivity index is 0.000000175. The van der Waals surface area contributed by atoms with Gasteiger partial charge in [-0.3, -0.25) is 0 Å². The molecule has 0 radical (unpaired) electrons. The van der Waals surface area contributed by atoms with Gasteiger partial charge in [0, 0.05) is 6.54 Å². The van der Waals surface area contributed by atoms with E-state index in [9.17, 15) is 12.8 Å². The lowest BCUT2D eigenvalue weighted by atomic mass is 9.90. The second kappa shape index (κ2) is 8.73. The van der Waals surface area contributed by atoms with Crippen molar-refractivity contribution in [3.8, 4) is 0 Å². The summed E-state index contributed by atoms with van der Waals surface area (Å²) in [6.07, 6.45) is 6.21. The minimum atomic E-state index is -2.97. The van der Waals surface area contributed by atoms with Crippen LogP contribution >= 0.6 is 11.3 Å². The summed E-state index contributed by atoms with van der Waals surface area (Å²) in [6.45, 7) is 2.32. The van der Waals surface area contributed by atoms with Crippen LogP contribution in [0.1, 0.15) is 39.0 Å². The number of sulfonamides is 1. The second-order valence-corrected chi connectivity index (χ2v) is 9.08. The molecular weight excluding hydrogens is 349 g/mol. The molecule has 3 N–H and O–H groups in total. The zero-order chi connectivity index (χ0) is 17.6. The number of rotatable bonds is 4. The van der Waals surface area contributed by atoms with Crippen molar-refractivity contribution in [3.63, 3.8) is 0 Å². The number of nitrogens with zero attached hydrogens (tertiary/aromatic N) is 1. The molecule has 1 heterocycles. The first-order valence-electron chi connectivity index (χ1n) is 8.18. The van der Waals surface area contributed by atoms with E-state index in [2.05, 4.69) is 9.71 Å². The molecular formula is C16H24FN3O2S2. The number of thiazole rings is 1. The Kier molecular flexibility index (Phi) is 6.94. The molecule has 1 aliphatic rings. The first kappa shape index (κ1) is 19.1. The zero-order valence-corrected chi connectivity index (χ0v) is 15.4. The highest BCUT2D eigenvalue weighted by Crippen LogP contribution is 2.24. The lowest BCUT2D eigenvalue weighted by Crippen LogP contribution is -2.31. The maximum absolute atomic E-state index is 12.6. The van der Waals surface area contributed by atoms with Crippen LogP contribution in [0.2, 0.25) is 0 Å². The molecule has 3 rings (SSSR count). The molecule has 134 valence electrons. The SMILES string of the molecule is CCS(=O)(=O)NCC1CCCCC1.Nc1nc2ccc(F)cc2s1. The molecule has 1 saturated carbocycles. The number of nitrogens with two attached hydrogens (primary N) is 1. The summed E-state index contributed by atoms with van der Waals surface area (Å²) in [6, 6.07) is 4.43. The van der Waals surface area contributed by atoms with Gasteiger partial charge in [0.25, 0.3) is 0 Å². The van der Waals surface area contributed by atoms with Crippen molar-refractivity contribution in [2.75, 3.05) is 18.0 Å². The number of hydrogen-bond donors (Lipinski definition) is 2. The normalized spacial score (nSPS) is 15.9. The number of anilines is 1. The predicted molar refractivity (Wildman–Crippen MR) is 98.0 cm³/mol. The second-order valence-electron chi connectivity index (χ2n) is 5.92. The highest BCUT2D eigenvalue weighted by Gasteiger charge is 2.15. The van der Waals surface area contributed by atoms with Crippen molar-refractivity contribution < 1.29 is 12.8 Å². The Morgan fingerprint density at radius 2 is 2.04 bits per heavy atom. The Hall–Kier alpha value is -1.25. The summed E-state index contributed by atoms with van der Waals surface area (Å²) in [4.78, 5) is 3.98. The van der Waals surface area contributed by atoms with Crippen LogP contribution in [0.3, 0.4) is 0 Å². The maximum atomic E-state index is 12.6. The summed E-state index contributed by atoms with van der Waals surface area (Å²) in [5.41, 5.74) is 6.18. The van der Waals surface area contributed by atoms with E-state index in [0.717, 1.165) is 10.2 Å². The molecule has 0 saturated heterocycles. The van der Waals surface area contributed by atoms with Crippen LogP contribution < -0.4 is 10.5 Å². The van der Waals surface area contributed by atoms with E-state index >= 15 is 0 Å². The average Bonchev–Trinajstić information content (AvgIpc) is 2.94. The topological polar surface area (TPSA) is 85.1 Å². The average molecular weight is 374 g/mol. The van der Waals surface area contributed by atoms with E-state index in [-0.39, 0.29) is 11.6 Å². The standard InChI is InChI=1S/C9H19NO2S.C7H5FN2S/c1-2-13(11,12)10-8-9-6-4-3-5-7-9;8-4-1-2-5-6(3-4)11-7(9)10-5/h9-10H,2-8H2,1H3;1-3H,(H2,9,10). The van der Waals surface area contributed by atoms with Gasteiger partial charge in [-0.1, -0.05) is 30.6 Å². The van der Waals surface area contributed by atoms with Crippen molar-refractivity contribution in [1.82, 2.24) is 9.71 Å². The van der Waals surface area contributed by atoms with Gasteiger partial charge in [-0.05, 0) is 43.9 Å². The summed E-state index contributed by atoms with van der Waals surface area (Å²) in [7, 11) is -2.97. The van der Waals surface area contributed by atoms with Gasteiger partial charge in [0.15, 0.2) is 5.13 Å². The molecule has 1 aliphatic carbocycles. The van der Waals surface area contributed by atoms with Gasteiger partial charge in [0.05, 0.1) is 16.0 Å². The third-order valence-corrected chi connectivity index (χ3v) is 6.28. The van der Waals surface area contributed by atoms with E-state index in [1.807, 2.05) is 0 Å². The Morgan fingerprint density at radius 1 is 1.33 bits per heavy atom. The Bertz CT molecular complexity index is 756. The van der Waals surface area contributed by atoms with Crippen LogP contribution in [0.15, 0.2) is 18.2 Å². The van der Waals surface area contributed by atoms with Crippen molar-refractivity contribution in [2.24, 2.45) is 5.92 Å². The molecule has 24 heavy (non-hydrogen) atoms. The fourth-order valence-electron chi connectivity index (χ4n) is 2.65.